The van der Waals surface area contributed by atoms with Crippen molar-refractivity contribution < 1.29 is 0 Å². The summed E-state index contributed by atoms with van der Waals surface area (Å²) >= 11 is 0. The van der Waals surface area contributed by atoms with Crippen molar-refractivity contribution in [3.8, 4) is 0 Å². The van der Waals surface area contributed by atoms with E-state index in [4.69, 9.17) is 0 Å². The highest BCUT2D eigenvalue weighted by Crippen LogP contribution is 2.30. The molecule has 3 nitrogen and oxygen atoms in total. The molecule has 3 atom stereocenters. The average molecular weight is 233 g/mol. The van der Waals surface area contributed by atoms with Crippen molar-refractivity contribution in [1.82, 2.24) is 9.97 Å². The summed E-state index contributed by atoms with van der Waals surface area (Å²) in [6.45, 7) is 8.72. The van der Waals surface area contributed by atoms with Crippen molar-refractivity contribution in [2.45, 2.75) is 53.0 Å². The summed E-state index contributed by atoms with van der Waals surface area (Å²) in [4.78, 5) is 8.89. The summed E-state index contributed by atoms with van der Waals surface area (Å²) < 4.78 is 0. The normalized spacial score (nSPS) is 29.1. The van der Waals surface area contributed by atoms with Gasteiger partial charge in [0, 0.05) is 6.04 Å². The molecule has 1 aromatic heterocycles. The quantitative estimate of drug-likeness (QED) is 0.851. The summed E-state index contributed by atoms with van der Waals surface area (Å²) in [5.74, 6) is 2.60. The van der Waals surface area contributed by atoms with Crippen LogP contribution >= 0.6 is 0 Å². The van der Waals surface area contributed by atoms with Crippen molar-refractivity contribution in [3.05, 3.63) is 17.6 Å². The van der Waals surface area contributed by atoms with Gasteiger partial charge in [-0.1, -0.05) is 13.8 Å². The molecule has 17 heavy (non-hydrogen) atoms. The molecule has 1 saturated carbocycles. The van der Waals surface area contributed by atoms with Gasteiger partial charge in [-0.2, -0.15) is 0 Å². The second-order valence-electron chi connectivity index (χ2n) is 5.53. The highest BCUT2D eigenvalue weighted by atomic mass is 15.0. The van der Waals surface area contributed by atoms with E-state index in [1.54, 1.807) is 0 Å². The summed E-state index contributed by atoms with van der Waals surface area (Å²) in [6, 6.07) is 0.567. The van der Waals surface area contributed by atoms with E-state index in [1.165, 1.54) is 19.3 Å². The molecule has 94 valence electrons. The zero-order chi connectivity index (χ0) is 12.4. The number of aromatic nitrogens is 2. The number of rotatable bonds is 2. The van der Waals surface area contributed by atoms with Gasteiger partial charge in [-0.15, -0.1) is 0 Å². The summed E-state index contributed by atoms with van der Waals surface area (Å²) in [7, 11) is 0. The molecule has 0 spiro atoms. The maximum Gasteiger partial charge on any atom is 0.145 e. The topological polar surface area (TPSA) is 37.8 Å². The molecule has 3 unspecified atom stereocenters. The maximum atomic E-state index is 4.54. The number of anilines is 1. The fourth-order valence-electron chi connectivity index (χ4n) is 2.50. The Morgan fingerprint density at radius 3 is 2.53 bits per heavy atom. The lowest BCUT2D eigenvalue weighted by Gasteiger charge is -2.32. The zero-order valence-electron chi connectivity index (χ0n) is 11.3. The number of hydrogen-bond acceptors (Lipinski definition) is 3. The standard InChI is InChI=1S/C14H23N3/c1-9-5-6-13(7-10(9)2)17-14-8-15-11(3)12(4)16-14/h8-10,13H,5-7H2,1-4H3,(H,16,17). The lowest BCUT2D eigenvalue weighted by Crippen LogP contribution is -2.30. The molecular formula is C14H23N3. The van der Waals surface area contributed by atoms with Gasteiger partial charge in [-0.05, 0) is 44.9 Å². The van der Waals surface area contributed by atoms with Crippen LogP contribution in [0.15, 0.2) is 6.20 Å². The molecule has 0 radical (unpaired) electrons. The van der Waals surface area contributed by atoms with Gasteiger partial charge in [-0.25, -0.2) is 4.98 Å². The molecule has 0 aliphatic heterocycles. The second kappa shape index (κ2) is 5.03. The Bertz CT molecular complexity index is 389. The van der Waals surface area contributed by atoms with Crippen LogP contribution in [0.2, 0.25) is 0 Å². The highest BCUT2D eigenvalue weighted by Gasteiger charge is 2.24. The van der Waals surface area contributed by atoms with Crippen LogP contribution in [-0.4, -0.2) is 16.0 Å². The van der Waals surface area contributed by atoms with Gasteiger partial charge in [-0.3, -0.25) is 4.98 Å². The highest BCUT2D eigenvalue weighted by molar-refractivity contribution is 5.34. The number of hydrogen-bond donors (Lipinski definition) is 1. The monoisotopic (exact) mass is 233 g/mol. The minimum absolute atomic E-state index is 0.567. The van der Waals surface area contributed by atoms with Crippen molar-refractivity contribution in [2.75, 3.05) is 5.32 Å². The van der Waals surface area contributed by atoms with E-state index in [0.717, 1.165) is 29.0 Å². The van der Waals surface area contributed by atoms with Gasteiger partial charge in [0.25, 0.3) is 0 Å². The van der Waals surface area contributed by atoms with Gasteiger partial charge in [0.1, 0.15) is 5.82 Å². The first-order valence-corrected chi connectivity index (χ1v) is 6.63. The van der Waals surface area contributed by atoms with Gasteiger partial charge in [0.05, 0.1) is 17.6 Å². The molecule has 0 aromatic carbocycles. The van der Waals surface area contributed by atoms with Gasteiger partial charge in [0.2, 0.25) is 0 Å². The van der Waals surface area contributed by atoms with Crippen LogP contribution in [-0.2, 0) is 0 Å². The minimum Gasteiger partial charge on any atom is -0.366 e. The van der Waals surface area contributed by atoms with Gasteiger partial charge in [0.15, 0.2) is 0 Å². The molecule has 3 heteroatoms. The Morgan fingerprint density at radius 1 is 1.12 bits per heavy atom. The van der Waals surface area contributed by atoms with E-state index >= 15 is 0 Å². The lowest BCUT2D eigenvalue weighted by atomic mass is 9.79. The minimum atomic E-state index is 0.567. The molecule has 0 saturated heterocycles. The van der Waals surface area contributed by atoms with E-state index in [0.29, 0.717) is 6.04 Å². The lowest BCUT2D eigenvalue weighted by molar-refractivity contribution is 0.260. The summed E-state index contributed by atoms with van der Waals surface area (Å²) in [5.41, 5.74) is 2.04. The molecule has 0 bridgehead atoms. The van der Waals surface area contributed by atoms with Crippen LogP contribution in [0.3, 0.4) is 0 Å². The first kappa shape index (κ1) is 12.3. The summed E-state index contributed by atoms with van der Waals surface area (Å²) in [6.07, 6.45) is 5.66. The van der Waals surface area contributed by atoms with Crippen LogP contribution in [0.1, 0.15) is 44.5 Å². The molecule has 2 rings (SSSR count). The van der Waals surface area contributed by atoms with E-state index in [-0.39, 0.29) is 0 Å². The first-order valence-electron chi connectivity index (χ1n) is 6.63. The molecule has 1 aliphatic carbocycles. The molecule has 0 amide bonds. The summed E-state index contributed by atoms with van der Waals surface area (Å²) in [5, 5.41) is 3.53. The van der Waals surface area contributed by atoms with Gasteiger partial charge < -0.3 is 5.32 Å². The van der Waals surface area contributed by atoms with E-state index < -0.39 is 0 Å². The maximum absolute atomic E-state index is 4.54. The number of nitrogens with zero attached hydrogens (tertiary/aromatic N) is 2. The van der Waals surface area contributed by atoms with Crippen molar-refractivity contribution >= 4 is 5.82 Å². The van der Waals surface area contributed by atoms with Crippen LogP contribution in [0.5, 0.6) is 0 Å². The van der Waals surface area contributed by atoms with Crippen LogP contribution in [0.25, 0.3) is 0 Å². The third-order valence-electron chi connectivity index (χ3n) is 4.14. The van der Waals surface area contributed by atoms with Crippen molar-refractivity contribution in [2.24, 2.45) is 11.8 Å². The Kier molecular flexibility index (Phi) is 3.65. The molecule has 1 heterocycles. The van der Waals surface area contributed by atoms with Gasteiger partial charge >= 0.3 is 0 Å². The number of aryl methyl sites for hydroxylation is 2. The number of nitrogens with one attached hydrogen (secondary N) is 1. The molecule has 1 N–H and O–H groups in total. The largest absolute Gasteiger partial charge is 0.366 e. The average Bonchev–Trinajstić information content (AvgIpc) is 2.29. The van der Waals surface area contributed by atoms with Crippen LogP contribution < -0.4 is 5.32 Å². The van der Waals surface area contributed by atoms with Crippen molar-refractivity contribution in [3.63, 3.8) is 0 Å². The third kappa shape index (κ3) is 2.96. The second-order valence-corrected chi connectivity index (χ2v) is 5.53. The molecule has 1 aromatic rings. The zero-order valence-corrected chi connectivity index (χ0v) is 11.3. The fourth-order valence-corrected chi connectivity index (χ4v) is 2.50. The Balaban J connectivity index is 1.99. The predicted octanol–water partition coefficient (Wildman–Crippen LogP) is 3.33. The smallest absolute Gasteiger partial charge is 0.145 e. The molecule has 1 fully saturated rings. The molecular weight excluding hydrogens is 210 g/mol. The van der Waals surface area contributed by atoms with Crippen LogP contribution in [0, 0.1) is 25.7 Å². The Labute approximate surface area is 104 Å². The van der Waals surface area contributed by atoms with E-state index in [1.807, 2.05) is 20.0 Å². The van der Waals surface area contributed by atoms with E-state index in [9.17, 15) is 0 Å². The third-order valence-corrected chi connectivity index (χ3v) is 4.14. The Hall–Kier alpha value is -1.12. The van der Waals surface area contributed by atoms with Crippen molar-refractivity contribution in [1.29, 1.82) is 0 Å². The first-order chi connectivity index (χ1) is 8.06. The fraction of sp³-hybridized carbons (Fsp3) is 0.714. The van der Waals surface area contributed by atoms with Crippen LogP contribution in [0.4, 0.5) is 5.82 Å². The predicted molar refractivity (Wildman–Crippen MR) is 71.1 cm³/mol. The Morgan fingerprint density at radius 2 is 1.88 bits per heavy atom. The molecule has 1 aliphatic rings. The SMILES string of the molecule is Cc1ncc(NC2CCC(C)C(C)C2)nc1C. The van der Waals surface area contributed by atoms with E-state index in [2.05, 4.69) is 29.1 Å².